The van der Waals surface area contributed by atoms with E-state index >= 15 is 0 Å². The summed E-state index contributed by atoms with van der Waals surface area (Å²) in [5.74, 6) is 0.166. The number of rotatable bonds is 5. The van der Waals surface area contributed by atoms with Crippen LogP contribution in [0.3, 0.4) is 0 Å². The van der Waals surface area contributed by atoms with Crippen LogP contribution < -0.4 is 5.32 Å². The number of nitrogens with one attached hydrogen (secondary N) is 1. The van der Waals surface area contributed by atoms with Crippen molar-refractivity contribution < 1.29 is 13.2 Å². The minimum Gasteiger partial charge on any atom is -0.377 e. The molecule has 0 radical (unpaired) electrons. The fourth-order valence-corrected chi connectivity index (χ4v) is 4.45. The summed E-state index contributed by atoms with van der Waals surface area (Å²) in [6.45, 7) is 5.04. The lowest BCUT2D eigenvalue weighted by Crippen LogP contribution is -2.46. The van der Waals surface area contributed by atoms with Crippen LogP contribution in [-0.4, -0.2) is 56.9 Å². The Labute approximate surface area is 110 Å². The van der Waals surface area contributed by atoms with E-state index in [-0.39, 0.29) is 11.9 Å². The van der Waals surface area contributed by atoms with Gasteiger partial charge in [-0.1, -0.05) is 6.92 Å². The van der Waals surface area contributed by atoms with Gasteiger partial charge in [0, 0.05) is 25.7 Å². The summed E-state index contributed by atoms with van der Waals surface area (Å²) in [5, 5.41) is 3.38. The summed E-state index contributed by atoms with van der Waals surface area (Å²) >= 11 is 0. The zero-order valence-corrected chi connectivity index (χ0v) is 11.9. The summed E-state index contributed by atoms with van der Waals surface area (Å²) < 4.78 is 31.5. The maximum Gasteiger partial charge on any atom is 0.216 e. The minimum atomic E-state index is -3.12. The van der Waals surface area contributed by atoms with Crippen LogP contribution >= 0.6 is 0 Å². The largest absolute Gasteiger partial charge is 0.377 e. The van der Waals surface area contributed by atoms with Gasteiger partial charge in [0.2, 0.25) is 10.0 Å². The van der Waals surface area contributed by atoms with Gasteiger partial charge < -0.3 is 10.1 Å². The molecule has 0 spiro atoms. The Bertz CT molecular complexity index is 344. The molecule has 1 N–H and O–H groups in total. The Kier molecular flexibility index (Phi) is 5.00. The van der Waals surface area contributed by atoms with Crippen molar-refractivity contribution in [1.29, 1.82) is 0 Å². The van der Waals surface area contributed by atoms with Crippen LogP contribution in [-0.2, 0) is 14.8 Å². The van der Waals surface area contributed by atoms with E-state index in [1.807, 2.05) is 0 Å². The second-order valence-electron chi connectivity index (χ2n) is 5.14. The van der Waals surface area contributed by atoms with Gasteiger partial charge >= 0.3 is 0 Å². The van der Waals surface area contributed by atoms with Crippen molar-refractivity contribution in [3.63, 3.8) is 0 Å². The molecule has 2 fully saturated rings. The van der Waals surface area contributed by atoms with Crippen molar-refractivity contribution in [2.75, 3.05) is 32.0 Å². The Morgan fingerprint density at radius 3 is 2.56 bits per heavy atom. The topological polar surface area (TPSA) is 58.6 Å². The maximum absolute atomic E-state index is 12.2. The molecule has 2 saturated heterocycles. The third kappa shape index (κ3) is 3.66. The first-order valence-corrected chi connectivity index (χ1v) is 8.55. The summed E-state index contributed by atoms with van der Waals surface area (Å²) in [5.41, 5.74) is 0. The van der Waals surface area contributed by atoms with Crippen LogP contribution in [0.1, 0.15) is 32.6 Å². The number of hydrogen-bond acceptors (Lipinski definition) is 4. The molecule has 0 aromatic carbocycles. The molecule has 2 aliphatic rings. The van der Waals surface area contributed by atoms with E-state index < -0.39 is 10.0 Å². The zero-order valence-electron chi connectivity index (χ0n) is 11.1. The van der Waals surface area contributed by atoms with Gasteiger partial charge in [-0.25, -0.2) is 12.7 Å². The van der Waals surface area contributed by atoms with Crippen molar-refractivity contribution in [3.8, 4) is 0 Å². The minimum absolute atomic E-state index is 0.0820. The van der Waals surface area contributed by atoms with Crippen LogP contribution in [0.4, 0.5) is 0 Å². The van der Waals surface area contributed by atoms with Crippen molar-refractivity contribution in [2.24, 2.45) is 0 Å². The lowest BCUT2D eigenvalue weighted by Gasteiger charge is -2.32. The Hall–Kier alpha value is -0.170. The SMILES string of the molecule is CCNC1CCN(S(=O)(=O)CC2CCCO2)CC1. The van der Waals surface area contributed by atoms with Gasteiger partial charge in [-0.15, -0.1) is 0 Å². The summed E-state index contributed by atoms with van der Waals surface area (Å²) in [6, 6.07) is 0.476. The Balaban J connectivity index is 1.83. The van der Waals surface area contributed by atoms with Crippen molar-refractivity contribution in [3.05, 3.63) is 0 Å². The van der Waals surface area contributed by atoms with Crippen LogP contribution in [0.2, 0.25) is 0 Å². The molecule has 5 nitrogen and oxygen atoms in total. The predicted octanol–water partition coefficient (Wildman–Crippen LogP) is 0.569. The number of nitrogens with zero attached hydrogens (tertiary/aromatic N) is 1. The predicted molar refractivity (Wildman–Crippen MR) is 71.0 cm³/mol. The molecular formula is C12H24N2O3S. The highest BCUT2D eigenvalue weighted by atomic mass is 32.2. The van der Waals surface area contributed by atoms with Crippen LogP contribution in [0.15, 0.2) is 0 Å². The van der Waals surface area contributed by atoms with Crippen LogP contribution in [0.25, 0.3) is 0 Å². The third-order valence-corrected chi connectivity index (χ3v) is 5.71. The fraction of sp³-hybridized carbons (Fsp3) is 1.00. The molecule has 0 aliphatic carbocycles. The molecule has 0 bridgehead atoms. The van der Waals surface area contributed by atoms with E-state index in [0.29, 0.717) is 25.7 Å². The van der Waals surface area contributed by atoms with Gasteiger partial charge in [0.05, 0.1) is 11.9 Å². The van der Waals surface area contributed by atoms with E-state index in [1.165, 1.54) is 0 Å². The second-order valence-corrected chi connectivity index (χ2v) is 7.16. The zero-order chi connectivity index (χ0) is 13.0. The number of ether oxygens (including phenoxy) is 1. The molecule has 2 aliphatic heterocycles. The van der Waals surface area contributed by atoms with E-state index in [4.69, 9.17) is 4.74 Å². The Morgan fingerprint density at radius 2 is 2.00 bits per heavy atom. The molecule has 0 amide bonds. The molecule has 0 aromatic heterocycles. The van der Waals surface area contributed by atoms with Crippen LogP contribution in [0.5, 0.6) is 0 Å². The standard InChI is InChI=1S/C12H24N2O3S/c1-2-13-11-5-7-14(8-6-11)18(15,16)10-12-4-3-9-17-12/h11-13H,2-10H2,1H3. The molecule has 2 heterocycles. The highest BCUT2D eigenvalue weighted by molar-refractivity contribution is 7.89. The summed E-state index contributed by atoms with van der Waals surface area (Å²) in [7, 11) is -3.12. The maximum atomic E-state index is 12.2. The molecular weight excluding hydrogens is 252 g/mol. The van der Waals surface area contributed by atoms with Gasteiger partial charge in [-0.3, -0.25) is 0 Å². The quantitative estimate of drug-likeness (QED) is 0.797. The number of hydrogen-bond donors (Lipinski definition) is 1. The highest BCUT2D eigenvalue weighted by Gasteiger charge is 2.31. The van der Waals surface area contributed by atoms with Crippen molar-refractivity contribution in [2.45, 2.75) is 44.8 Å². The van der Waals surface area contributed by atoms with Gasteiger partial charge in [-0.05, 0) is 32.2 Å². The van der Waals surface area contributed by atoms with Gasteiger partial charge in [0.25, 0.3) is 0 Å². The van der Waals surface area contributed by atoms with Gasteiger partial charge in [0.15, 0.2) is 0 Å². The first-order valence-electron chi connectivity index (χ1n) is 6.94. The molecule has 1 unspecified atom stereocenters. The third-order valence-electron chi connectivity index (χ3n) is 3.76. The first kappa shape index (κ1) is 14.2. The highest BCUT2D eigenvalue weighted by Crippen LogP contribution is 2.19. The summed E-state index contributed by atoms with van der Waals surface area (Å²) in [4.78, 5) is 0. The molecule has 6 heteroatoms. The molecule has 0 saturated carbocycles. The smallest absolute Gasteiger partial charge is 0.216 e. The first-order chi connectivity index (χ1) is 8.62. The molecule has 2 rings (SSSR count). The molecule has 1 atom stereocenters. The van der Waals surface area contributed by atoms with Crippen molar-refractivity contribution in [1.82, 2.24) is 9.62 Å². The van der Waals surface area contributed by atoms with E-state index in [0.717, 1.165) is 32.2 Å². The lowest BCUT2D eigenvalue weighted by molar-refractivity contribution is 0.126. The average Bonchev–Trinajstić information content (AvgIpc) is 2.82. The lowest BCUT2D eigenvalue weighted by atomic mass is 10.1. The molecule has 106 valence electrons. The van der Waals surface area contributed by atoms with E-state index in [9.17, 15) is 8.42 Å². The average molecular weight is 276 g/mol. The Morgan fingerprint density at radius 1 is 1.28 bits per heavy atom. The fourth-order valence-electron chi connectivity index (χ4n) is 2.74. The van der Waals surface area contributed by atoms with Crippen molar-refractivity contribution >= 4 is 10.0 Å². The van der Waals surface area contributed by atoms with Gasteiger partial charge in [0.1, 0.15) is 0 Å². The normalized spacial score (nSPS) is 27.7. The number of sulfonamides is 1. The monoisotopic (exact) mass is 276 g/mol. The second kappa shape index (κ2) is 6.32. The van der Waals surface area contributed by atoms with Crippen LogP contribution in [0, 0.1) is 0 Å². The number of piperidine rings is 1. The molecule has 0 aromatic rings. The van der Waals surface area contributed by atoms with Gasteiger partial charge in [-0.2, -0.15) is 0 Å². The van der Waals surface area contributed by atoms with E-state index in [2.05, 4.69) is 12.2 Å². The van der Waals surface area contributed by atoms with E-state index in [1.54, 1.807) is 4.31 Å². The molecule has 18 heavy (non-hydrogen) atoms. The summed E-state index contributed by atoms with van der Waals surface area (Å²) in [6.07, 6.45) is 3.62.